The summed E-state index contributed by atoms with van der Waals surface area (Å²) in [6, 6.07) is 4.39. The number of amides is 1. The largest absolute Gasteiger partial charge is 0.443 e. The molecule has 0 radical (unpaired) electrons. The Morgan fingerprint density at radius 2 is 2.14 bits per heavy atom. The Hall–Kier alpha value is -2.57. The van der Waals surface area contributed by atoms with Gasteiger partial charge in [0.1, 0.15) is 12.9 Å². The normalized spacial score (nSPS) is 16.0. The molecule has 1 amide bonds. The first-order valence-electron chi connectivity index (χ1n) is 6.74. The zero-order chi connectivity index (χ0) is 15.6. The predicted molar refractivity (Wildman–Crippen MR) is 73.0 cm³/mol. The van der Waals surface area contributed by atoms with Crippen LogP contribution in [0.2, 0.25) is 0 Å². The molecule has 1 aromatic heterocycles. The standard InChI is InChI=1S/C15H13F2N3O2/c16-15(17)13-4-2-1-3-11(13)6-8-20(15)14(21)22-9-12-5-7-18-10-19-12/h1-5,7,10H,6,8-9H2. The van der Waals surface area contributed by atoms with Crippen LogP contribution in [0.25, 0.3) is 0 Å². The number of ether oxygens (including phenoxy) is 1. The summed E-state index contributed by atoms with van der Waals surface area (Å²) in [7, 11) is 0. The Morgan fingerprint density at radius 3 is 2.91 bits per heavy atom. The molecule has 2 heterocycles. The zero-order valence-electron chi connectivity index (χ0n) is 11.6. The average Bonchev–Trinajstić information content (AvgIpc) is 2.54. The summed E-state index contributed by atoms with van der Waals surface area (Å²) in [5, 5.41) is 0. The van der Waals surface area contributed by atoms with Crippen LogP contribution in [0.4, 0.5) is 13.6 Å². The number of fused-ring (bicyclic) bond motifs is 1. The van der Waals surface area contributed by atoms with E-state index in [9.17, 15) is 13.6 Å². The van der Waals surface area contributed by atoms with Crippen molar-refractivity contribution in [3.63, 3.8) is 0 Å². The lowest BCUT2D eigenvalue weighted by molar-refractivity contribution is -0.146. The molecule has 3 rings (SSSR count). The number of halogens is 2. The lowest BCUT2D eigenvalue weighted by Gasteiger charge is -2.35. The van der Waals surface area contributed by atoms with Crippen molar-refractivity contribution < 1.29 is 18.3 Å². The molecule has 1 aromatic carbocycles. The van der Waals surface area contributed by atoms with Crippen LogP contribution in [0.5, 0.6) is 0 Å². The SMILES string of the molecule is O=C(OCc1ccncn1)N1CCc2ccccc2C1(F)F. The van der Waals surface area contributed by atoms with E-state index in [0.29, 0.717) is 22.6 Å². The van der Waals surface area contributed by atoms with E-state index in [1.807, 2.05) is 0 Å². The molecule has 114 valence electrons. The molecular formula is C15H13F2N3O2. The number of benzene rings is 1. The molecular weight excluding hydrogens is 292 g/mol. The fourth-order valence-corrected chi connectivity index (χ4v) is 2.37. The summed E-state index contributed by atoms with van der Waals surface area (Å²) in [6.45, 7) is -0.262. The minimum absolute atomic E-state index is 0.0907. The van der Waals surface area contributed by atoms with E-state index in [1.54, 1.807) is 18.2 Å². The van der Waals surface area contributed by atoms with E-state index in [4.69, 9.17) is 4.74 Å². The maximum absolute atomic E-state index is 14.4. The lowest BCUT2D eigenvalue weighted by Crippen LogP contribution is -2.48. The van der Waals surface area contributed by atoms with Crippen molar-refractivity contribution in [3.8, 4) is 0 Å². The highest BCUT2D eigenvalue weighted by atomic mass is 19.3. The van der Waals surface area contributed by atoms with E-state index in [-0.39, 0.29) is 18.7 Å². The summed E-state index contributed by atoms with van der Waals surface area (Å²) in [5.74, 6) is 0. The minimum Gasteiger partial charge on any atom is -0.443 e. The number of carbonyl (C=O) groups excluding carboxylic acids is 1. The highest BCUT2D eigenvalue weighted by molar-refractivity contribution is 5.69. The van der Waals surface area contributed by atoms with Gasteiger partial charge in [-0.3, -0.25) is 0 Å². The van der Waals surface area contributed by atoms with Gasteiger partial charge in [0, 0.05) is 18.3 Å². The van der Waals surface area contributed by atoms with Crippen molar-refractivity contribution >= 4 is 6.09 Å². The summed E-state index contributed by atoms with van der Waals surface area (Å²) in [6.07, 6.45) is 2.10. The number of alkyl halides is 2. The van der Waals surface area contributed by atoms with E-state index >= 15 is 0 Å². The predicted octanol–water partition coefficient (Wildman–Crippen LogP) is 2.72. The number of carbonyl (C=O) groups is 1. The molecule has 0 atom stereocenters. The van der Waals surface area contributed by atoms with Gasteiger partial charge in [0.2, 0.25) is 0 Å². The van der Waals surface area contributed by atoms with Gasteiger partial charge in [-0.25, -0.2) is 19.7 Å². The highest BCUT2D eigenvalue weighted by Gasteiger charge is 2.47. The van der Waals surface area contributed by atoms with Crippen molar-refractivity contribution in [1.82, 2.24) is 14.9 Å². The first kappa shape index (κ1) is 14.4. The number of hydrogen-bond acceptors (Lipinski definition) is 4. The highest BCUT2D eigenvalue weighted by Crippen LogP contribution is 2.38. The Labute approximate surface area is 125 Å². The molecule has 1 aliphatic rings. The van der Waals surface area contributed by atoms with Crippen molar-refractivity contribution in [2.24, 2.45) is 0 Å². The van der Waals surface area contributed by atoms with Gasteiger partial charge >= 0.3 is 12.1 Å². The molecule has 2 aromatic rings. The maximum atomic E-state index is 14.4. The lowest BCUT2D eigenvalue weighted by atomic mass is 9.98. The quantitative estimate of drug-likeness (QED) is 0.801. The van der Waals surface area contributed by atoms with Gasteiger partial charge in [-0.05, 0) is 18.1 Å². The summed E-state index contributed by atoms with van der Waals surface area (Å²) < 4.78 is 33.8. The first-order chi connectivity index (χ1) is 10.6. The van der Waals surface area contributed by atoms with Gasteiger partial charge < -0.3 is 4.74 Å². The third-order valence-electron chi connectivity index (χ3n) is 3.49. The third kappa shape index (κ3) is 2.61. The van der Waals surface area contributed by atoms with Crippen LogP contribution in [0.15, 0.2) is 42.9 Å². The number of aromatic nitrogens is 2. The third-order valence-corrected chi connectivity index (χ3v) is 3.49. The average molecular weight is 305 g/mol. The van der Waals surface area contributed by atoms with Crippen LogP contribution in [0.1, 0.15) is 16.8 Å². The smallest absolute Gasteiger partial charge is 0.415 e. The van der Waals surface area contributed by atoms with Gasteiger partial charge in [0.05, 0.1) is 5.69 Å². The number of rotatable bonds is 2. The zero-order valence-corrected chi connectivity index (χ0v) is 11.6. The molecule has 22 heavy (non-hydrogen) atoms. The molecule has 1 aliphatic heterocycles. The maximum Gasteiger partial charge on any atom is 0.415 e. The molecule has 0 aliphatic carbocycles. The molecule has 0 unspecified atom stereocenters. The molecule has 5 nitrogen and oxygen atoms in total. The molecule has 0 spiro atoms. The van der Waals surface area contributed by atoms with Crippen LogP contribution in [-0.2, 0) is 23.8 Å². The van der Waals surface area contributed by atoms with Crippen molar-refractivity contribution in [3.05, 3.63) is 59.7 Å². The van der Waals surface area contributed by atoms with Crippen LogP contribution >= 0.6 is 0 Å². The Balaban J connectivity index is 1.74. The topological polar surface area (TPSA) is 55.3 Å². The molecule has 7 heteroatoms. The van der Waals surface area contributed by atoms with Gasteiger partial charge in [-0.1, -0.05) is 24.3 Å². The van der Waals surface area contributed by atoms with E-state index in [0.717, 1.165) is 0 Å². The Bertz CT molecular complexity index is 679. The van der Waals surface area contributed by atoms with Crippen molar-refractivity contribution in [2.45, 2.75) is 19.1 Å². The monoisotopic (exact) mass is 305 g/mol. The van der Waals surface area contributed by atoms with Crippen molar-refractivity contribution in [1.29, 1.82) is 0 Å². The fourth-order valence-electron chi connectivity index (χ4n) is 2.37. The summed E-state index contributed by atoms with van der Waals surface area (Å²) >= 11 is 0. The van der Waals surface area contributed by atoms with E-state index < -0.39 is 12.1 Å². The summed E-state index contributed by atoms with van der Waals surface area (Å²) in [4.78, 5) is 20.0. The van der Waals surface area contributed by atoms with Gasteiger partial charge in [0.25, 0.3) is 0 Å². The van der Waals surface area contributed by atoms with Crippen molar-refractivity contribution in [2.75, 3.05) is 6.54 Å². The Kier molecular flexibility index (Phi) is 3.70. The first-order valence-corrected chi connectivity index (χ1v) is 6.74. The molecule has 0 saturated heterocycles. The second kappa shape index (κ2) is 5.67. The van der Waals surface area contributed by atoms with Crippen LogP contribution in [0, 0.1) is 0 Å². The van der Waals surface area contributed by atoms with Gasteiger partial charge in [-0.15, -0.1) is 0 Å². The fraction of sp³-hybridized carbons (Fsp3) is 0.267. The van der Waals surface area contributed by atoms with Gasteiger partial charge in [0.15, 0.2) is 0 Å². The molecule has 0 N–H and O–H groups in total. The van der Waals surface area contributed by atoms with E-state index in [1.165, 1.54) is 24.7 Å². The summed E-state index contributed by atoms with van der Waals surface area (Å²) in [5.41, 5.74) is 0.844. The van der Waals surface area contributed by atoms with Gasteiger partial charge in [-0.2, -0.15) is 8.78 Å². The molecule has 0 saturated carbocycles. The van der Waals surface area contributed by atoms with Crippen LogP contribution in [0.3, 0.4) is 0 Å². The molecule has 0 bridgehead atoms. The van der Waals surface area contributed by atoms with E-state index in [2.05, 4.69) is 9.97 Å². The van der Waals surface area contributed by atoms with Crippen LogP contribution < -0.4 is 0 Å². The molecule has 0 fully saturated rings. The second-order valence-electron chi connectivity index (χ2n) is 4.86. The minimum atomic E-state index is -3.38. The second-order valence-corrected chi connectivity index (χ2v) is 4.86. The van der Waals surface area contributed by atoms with Crippen LogP contribution in [-0.4, -0.2) is 27.5 Å². The number of hydrogen-bond donors (Lipinski definition) is 0. The Morgan fingerprint density at radius 1 is 1.32 bits per heavy atom. The number of nitrogens with zero attached hydrogens (tertiary/aromatic N) is 3.